The molecule has 7 nitrogen and oxygen atoms in total. The molecule has 0 atom stereocenters. The van der Waals surface area contributed by atoms with Crippen molar-refractivity contribution in [3.05, 3.63) is 85.8 Å². The van der Waals surface area contributed by atoms with E-state index >= 15 is 0 Å². The first-order chi connectivity index (χ1) is 22.4. The van der Waals surface area contributed by atoms with Crippen molar-refractivity contribution < 1.29 is 10.2 Å². The third-order valence-electron chi connectivity index (χ3n) is 8.77. The Labute approximate surface area is 292 Å². The van der Waals surface area contributed by atoms with E-state index in [1.807, 2.05) is 18.2 Å². The molecule has 262 valence electrons. The second-order valence-electron chi connectivity index (χ2n) is 17.9. The number of nitrogens with one attached hydrogen (secondary N) is 1. The number of fused-ring (bicyclic) bond motifs is 1. The third kappa shape index (κ3) is 8.67. The van der Waals surface area contributed by atoms with Crippen molar-refractivity contribution in [2.75, 3.05) is 0 Å². The van der Waals surface area contributed by atoms with Gasteiger partial charge in [-0.25, -0.2) is 4.98 Å². The summed E-state index contributed by atoms with van der Waals surface area (Å²) in [6.45, 7) is 29.5. The molecule has 0 radical (unpaired) electrons. The highest BCUT2D eigenvalue weighted by atomic mass is 16.3. The highest BCUT2D eigenvalue weighted by Crippen LogP contribution is 2.40. The van der Waals surface area contributed by atoms with Gasteiger partial charge in [-0.1, -0.05) is 109 Å². The summed E-state index contributed by atoms with van der Waals surface area (Å²) < 4.78 is 0. The summed E-state index contributed by atoms with van der Waals surface area (Å²) in [6.07, 6.45) is 3.89. The molecular formula is C42H56N4O3. The zero-order valence-corrected chi connectivity index (χ0v) is 32.0. The normalized spacial score (nSPS) is 13.4. The van der Waals surface area contributed by atoms with Crippen molar-refractivity contribution >= 4 is 34.8 Å². The highest BCUT2D eigenvalue weighted by molar-refractivity contribution is 5.94. The monoisotopic (exact) mass is 664 g/mol. The van der Waals surface area contributed by atoms with Crippen LogP contribution in [0.25, 0.3) is 11.0 Å². The van der Waals surface area contributed by atoms with Gasteiger partial charge in [-0.3, -0.25) is 14.8 Å². The lowest BCUT2D eigenvalue weighted by Crippen LogP contribution is -2.17. The summed E-state index contributed by atoms with van der Waals surface area (Å²) in [5.41, 5.74) is 6.57. The molecule has 0 amide bonds. The van der Waals surface area contributed by atoms with Crippen LogP contribution in [0.15, 0.2) is 51.2 Å². The minimum absolute atomic E-state index is 0.146. The Morgan fingerprint density at radius 2 is 1.10 bits per heavy atom. The number of H-pyrrole nitrogens is 1. The molecule has 7 heteroatoms. The van der Waals surface area contributed by atoms with Crippen molar-refractivity contribution in [2.24, 2.45) is 15.9 Å². The molecule has 0 aliphatic carbocycles. The number of rotatable bonds is 6. The first kappa shape index (κ1) is 37.6. The fourth-order valence-electron chi connectivity index (χ4n) is 5.68. The molecule has 0 aliphatic rings. The predicted octanol–water partition coefficient (Wildman–Crippen LogP) is 10.2. The van der Waals surface area contributed by atoms with E-state index in [0.29, 0.717) is 45.6 Å². The Bertz CT molecular complexity index is 1990. The fraction of sp³-hybridized carbons (Fsp3) is 0.476. The minimum atomic E-state index is -0.291. The van der Waals surface area contributed by atoms with Crippen LogP contribution in [0.5, 0.6) is 11.5 Å². The molecule has 1 aromatic heterocycles. The number of nitrogens with zero attached hydrogens (tertiary/aromatic N) is 3. The summed E-state index contributed by atoms with van der Waals surface area (Å²) in [7, 11) is 0. The Balaban J connectivity index is 1.98. The number of phenolic OH excluding ortho intramolecular Hbond substituents is 2. The van der Waals surface area contributed by atoms with Crippen LogP contribution in [0.1, 0.15) is 136 Å². The van der Waals surface area contributed by atoms with Gasteiger partial charge in [0.25, 0.3) is 5.56 Å². The first-order valence-corrected chi connectivity index (χ1v) is 17.3. The molecule has 0 saturated carbocycles. The number of hydrogen-bond acceptors (Lipinski definition) is 6. The van der Waals surface area contributed by atoms with Gasteiger partial charge in [0.05, 0.1) is 22.4 Å². The molecule has 0 spiro atoms. The van der Waals surface area contributed by atoms with Crippen LogP contribution in [0.2, 0.25) is 0 Å². The van der Waals surface area contributed by atoms with Gasteiger partial charge < -0.3 is 15.2 Å². The number of aromatic hydroxyl groups is 2. The number of phenols is 2. The summed E-state index contributed by atoms with van der Waals surface area (Å²) in [4.78, 5) is 30.5. The molecule has 0 bridgehead atoms. The average Bonchev–Trinajstić information content (AvgIpc) is 2.93. The topological polar surface area (TPSA) is 111 Å². The molecule has 0 unspecified atom stereocenters. The van der Waals surface area contributed by atoms with Gasteiger partial charge in [-0.15, -0.1) is 0 Å². The molecule has 0 aliphatic heterocycles. The van der Waals surface area contributed by atoms with Crippen molar-refractivity contribution in [1.29, 1.82) is 0 Å². The van der Waals surface area contributed by atoms with E-state index in [9.17, 15) is 15.0 Å². The number of aromatic amines is 1. The van der Waals surface area contributed by atoms with E-state index in [2.05, 4.69) is 114 Å². The van der Waals surface area contributed by atoms with Crippen LogP contribution >= 0.6 is 0 Å². The first-order valence-electron chi connectivity index (χ1n) is 17.3. The largest absolute Gasteiger partial charge is 0.507 e. The fourth-order valence-corrected chi connectivity index (χ4v) is 5.68. The molecule has 0 fully saturated rings. The van der Waals surface area contributed by atoms with Crippen molar-refractivity contribution in [1.82, 2.24) is 9.97 Å². The molecule has 3 aromatic carbocycles. The lowest BCUT2D eigenvalue weighted by atomic mass is 9.79. The Hall–Kier alpha value is -4.26. The summed E-state index contributed by atoms with van der Waals surface area (Å²) >= 11 is 0. The Morgan fingerprint density at radius 1 is 0.673 bits per heavy atom. The average molecular weight is 665 g/mol. The SMILES string of the molecule is CC(C)Cc1nc2cc(N=Cc3cc(C(C)(C)C)cc(C(C)(C)C)c3O)c(N=Cc3cc(C(C)(C)C)cc(C(C)(C)C)c3O)cc2[nH]c1=O. The molecule has 49 heavy (non-hydrogen) atoms. The molecule has 4 rings (SSSR count). The summed E-state index contributed by atoms with van der Waals surface area (Å²) in [5, 5.41) is 22.9. The number of aliphatic imine (C=N–C) groups is 2. The van der Waals surface area contributed by atoms with Crippen LogP contribution in [-0.4, -0.2) is 32.6 Å². The van der Waals surface area contributed by atoms with Gasteiger partial charge in [0.2, 0.25) is 0 Å². The maximum absolute atomic E-state index is 13.0. The highest BCUT2D eigenvalue weighted by Gasteiger charge is 2.26. The zero-order valence-electron chi connectivity index (χ0n) is 32.0. The predicted molar refractivity (Wildman–Crippen MR) is 206 cm³/mol. The maximum atomic E-state index is 13.0. The van der Waals surface area contributed by atoms with Crippen molar-refractivity contribution in [3.8, 4) is 11.5 Å². The smallest absolute Gasteiger partial charge is 0.270 e. The molecular weight excluding hydrogens is 608 g/mol. The Kier molecular flexibility index (Phi) is 10.1. The van der Waals surface area contributed by atoms with Gasteiger partial charge in [-0.05, 0) is 69.4 Å². The van der Waals surface area contributed by atoms with E-state index < -0.39 is 0 Å². The van der Waals surface area contributed by atoms with Crippen molar-refractivity contribution in [2.45, 2.75) is 125 Å². The van der Waals surface area contributed by atoms with Crippen LogP contribution in [-0.2, 0) is 28.1 Å². The Morgan fingerprint density at radius 3 is 1.49 bits per heavy atom. The minimum Gasteiger partial charge on any atom is -0.507 e. The summed E-state index contributed by atoms with van der Waals surface area (Å²) in [5.74, 6) is 0.634. The van der Waals surface area contributed by atoms with Crippen LogP contribution in [0, 0.1) is 5.92 Å². The third-order valence-corrected chi connectivity index (χ3v) is 8.77. The second kappa shape index (κ2) is 13.2. The summed E-state index contributed by atoms with van der Waals surface area (Å²) in [6, 6.07) is 11.7. The quantitative estimate of drug-likeness (QED) is 0.178. The van der Waals surface area contributed by atoms with Crippen LogP contribution in [0.4, 0.5) is 11.4 Å². The van der Waals surface area contributed by atoms with Gasteiger partial charge in [0.15, 0.2) is 0 Å². The lowest BCUT2D eigenvalue weighted by molar-refractivity contribution is 0.443. The van der Waals surface area contributed by atoms with Crippen LogP contribution < -0.4 is 5.56 Å². The van der Waals surface area contributed by atoms with E-state index in [0.717, 1.165) is 22.3 Å². The van der Waals surface area contributed by atoms with Gasteiger partial charge in [-0.2, -0.15) is 0 Å². The van der Waals surface area contributed by atoms with E-state index in [1.54, 1.807) is 18.5 Å². The van der Waals surface area contributed by atoms with Crippen molar-refractivity contribution in [3.63, 3.8) is 0 Å². The number of benzene rings is 3. The van der Waals surface area contributed by atoms with Gasteiger partial charge >= 0.3 is 0 Å². The van der Waals surface area contributed by atoms with E-state index in [1.165, 1.54) is 0 Å². The van der Waals surface area contributed by atoms with E-state index in [-0.39, 0.29) is 44.6 Å². The molecule has 0 saturated heterocycles. The van der Waals surface area contributed by atoms with Gasteiger partial charge in [0.1, 0.15) is 17.2 Å². The molecule has 1 heterocycles. The lowest BCUT2D eigenvalue weighted by Gasteiger charge is -2.27. The zero-order chi connectivity index (χ0) is 36.9. The number of aromatic nitrogens is 2. The van der Waals surface area contributed by atoms with Crippen LogP contribution in [0.3, 0.4) is 0 Å². The molecule has 3 N–H and O–H groups in total. The standard InChI is InChI=1S/C42H56N4O3/c1-24(2)15-35-38(49)46-34-21-32(44-23-26-17-28(40(6,7)8)19-30(37(26)48)42(12,13)14)31(20-33(34)45-35)43-22-25-16-27(39(3,4)5)18-29(36(25)47)41(9,10)11/h16-24,47-48H,15H2,1-14H3,(H,46,49). The number of hydrogen-bond donors (Lipinski definition) is 3. The maximum Gasteiger partial charge on any atom is 0.270 e. The van der Waals surface area contributed by atoms with E-state index in [4.69, 9.17) is 15.0 Å². The van der Waals surface area contributed by atoms with Gasteiger partial charge in [0, 0.05) is 34.7 Å². The molecule has 4 aromatic rings. The second-order valence-corrected chi connectivity index (χ2v) is 17.9.